The van der Waals surface area contributed by atoms with Crippen molar-refractivity contribution in [3.05, 3.63) is 99.5 Å². The molecule has 4 nitrogen and oxygen atoms in total. The first-order valence-electron chi connectivity index (χ1n) is 9.04. The summed E-state index contributed by atoms with van der Waals surface area (Å²) < 4.78 is 24.6. The topological polar surface area (TPSA) is 56.5 Å². The van der Waals surface area contributed by atoms with Gasteiger partial charge >= 0.3 is 5.97 Å². The van der Waals surface area contributed by atoms with E-state index in [0.29, 0.717) is 16.5 Å². The van der Waals surface area contributed by atoms with Gasteiger partial charge in [0.05, 0.1) is 10.9 Å². The first-order chi connectivity index (χ1) is 13.9. The number of benzene rings is 3. The van der Waals surface area contributed by atoms with Gasteiger partial charge in [-0.3, -0.25) is 4.79 Å². The number of esters is 1. The lowest BCUT2D eigenvalue weighted by atomic mass is 10.1. The summed E-state index contributed by atoms with van der Waals surface area (Å²) in [5.74, 6) is -1.26. The highest BCUT2D eigenvalue weighted by Gasteiger charge is 2.21. The minimum atomic E-state index is -0.766. The van der Waals surface area contributed by atoms with Gasteiger partial charge in [-0.1, -0.05) is 41.5 Å². The molecule has 0 saturated heterocycles. The molecule has 0 fully saturated rings. The number of hydrogen-bond donors (Lipinski definition) is 0. The molecule has 29 heavy (non-hydrogen) atoms. The minimum Gasteiger partial charge on any atom is -0.452 e. The summed E-state index contributed by atoms with van der Waals surface area (Å²) in [7, 11) is 0. The molecule has 0 aliphatic carbocycles. The van der Waals surface area contributed by atoms with Crippen LogP contribution in [0.5, 0.6) is 5.75 Å². The van der Waals surface area contributed by atoms with E-state index in [4.69, 9.17) is 9.15 Å². The molecular weight excluding hydrogens is 371 g/mol. The molecular formula is C24H17FO4. The molecule has 4 aromatic rings. The van der Waals surface area contributed by atoms with E-state index < -0.39 is 17.2 Å². The van der Waals surface area contributed by atoms with Crippen LogP contribution >= 0.6 is 0 Å². The Morgan fingerprint density at radius 1 is 0.897 bits per heavy atom. The van der Waals surface area contributed by atoms with E-state index in [0.717, 1.165) is 23.3 Å². The Balaban J connectivity index is 1.89. The molecule has 4 rings (SSSR count). The predicted molar refractivity (Wildman–Crippen MR) is 109 cm³/mol. The van der Waals surface area contributed by atoms with Crippen molar-refractivity contribution in [1.29, 1.82) is 0 Å². The molecule has 3 aromatic carbocycles. The molecule has 5 heteroatoms. The number of carbonyl (C=O) groups is 1. The lowest BCUT2D eigenvalue weighted by Gasteiger charge is -2.11. The predicted octanol–water partition coefficient (Wildman–Crippen LogP) is 5.44. The van der Waals surface area contributed by atoms with E-state index in [9.17, 15) is 14.0 Å². The molecule has 144 valence electrons. The Morgan fingerprint density at radius 2 is 1.55 bits per heavy atom. The van der Waals surface area contributed by atoms with Crippen molar-refractivity contribution < 1.29 is 18.3 Å². The molecule has 0 aliphatic heterocycles. The fourth-order valence-corrected chi connectivity index (χ4v) is 3.02. The van der Waals surface area contributed by atoms with Gasteiger partial charge in [0.1, 0.15) is 11.4 Å². The highest BCUT2D eigenvalue weighted by atomic mass is 19.1. The van der Waals surface area contributed by atoms with Crippen molar-refractivity contribution in [3.63, 3.8) is 0 Å². The Labute approximate surface area is 166 Å². The standard InChI is InChI=1S/C24H17FO4/c1-14-3-6-16(7-4-14)22-23(29-24(27)17-8-10-18(25)11-9-17)21(26)19-13-15(2)5-12-20(19)28-22/h3-13H,1-2H3. The summed E-state index contributed by atoms with van der Waals surface area (Å²) >= 11 is 0. The summed E-state index contributed by atoms with van der Waals surface area (Å²) in [6.45, 7) is 3.80. The van der Waals surface area contributed by atoms with E-state index in [1.807, 2.05) is 32.0 Å². The van der Waals surface area contributed by atoms with Gasteiger partial charge in [0, 0.05) is 5.56 Å². The molecule has 0 N–H and O–H groups in total. The monoisotopic (exact) mass is 388 g/mol. The fraction of sp³-hybridized carbons (Fsp3) is 0.0833. The second-order valence-corrected chi connectivity index (χ2v) is 6.85. The van der Waals surface area contributed by atoms with E-state index in [-0.39, 0.29) is 17.1 Å². The van der Waals surface area contributed by atoms with Gasteiger partial charge < -0.3 is 9.15 Å². The van der Waals surface area contributed by atoms with Crippen LogP contribution in [0.3, 0.4) is 0 Å². The largest absolute Gasteiger partial charge is 0.452 e. The summed E-state index contributed by atoms with van der Waals surface area (Å²) in [5.41, 5.74) is 2.61. The zero-order chi connectivity index (χ0) is 20.5. The first-order valence-corrected chi connectivity index (χ1v) is 9.04. The minimum absolute atomic E-state index is 0.130. The zero-order valence-electron chi connectivity index (χ0n) is 15.9. The van der Waals surface area contributed by atoms with Gasteiger partial charge in [-0.2, -0.15) is 0 Å². The van der Waals surface area contributed by atoms with Crippen LogP contribution in [0.1, 0.15) is 21.5 Å². The van der Waals surface area contributed by atoms with Crippen molar-refractivity contribution in [2.24, 2.45) is 0 Å². The lowest BCUT2D eigenvalue weighted by molar-refractivity contribution is 0.0731. The highest BCUT2D eigenvalue weighted by Crippen LogP contribution is 2.32. The Morgan fingerprint density at radius 3 is 2.24 bits per heavy atom. The molecule has 0 unspecified atom stereocenters. The number of hydrogen-bond acceptors (Lipinski definition) is 4. The smallest absolute Gasteiger partial charge is 0.343 e. The molecule has 0 spiro atoms. The molecule has 0 bridgehead atoms. The van der Waals surface area contributed by atoms with Crippen molar-refractivity contribution in [2.45, 2.75) is 13.8 Å². The zero-order valence-corrected chi connectivity index (χ0v) is 15.9. The maximum Gasteiger partial charge on any atom is 0.343 e. The quantitative estimate of drug-likeness (QED) is 0.439. The summed E-state index contributed by atoms with van der Waals surface area (Å²) in [6, 6.07) is 17.5. The number of halogens is 1. The molecule has 0 saturated carbocycles. The van der Waals surface area contributed by atoms with Gasteiger partial charge in [-0.15, -0.1) is 0 Å². The number of rotatable bonds is 3. The van der Waals surface area contributed by atoms with Gasteiger partial charge in [-0.05, 0) is 50.2 Å². The Bertz CT molecular complexity index is 1270. The lowest BCUT2D eigenvalue weighted by Crippen LogP contribution is -2.16. The summed E-state index contributed by atoms with van der Waals surface area (Å²) in [5, 5.41) is 0.322. The van der Waals surface area contributed by atoms with Crippen LogP contribution in [0.2, 0.25) is 0 Å². The summed E-state index contributed by atoms with van der Waals surface area (Å²) in [6.07, 6.45) is 0. The van der Waals surface area contributed by atoms with Crippen molar-refractivity contribution in [3.8, 4) is 17.1 Å². The van der Waals surface area contributed by atoms with Gasteiger partial charge in [-0.25, -0.2) is 9.18 Å². The van der Waals surface area contributed by atoms with Crippen LogP contribution in [-0.4, -0.2) is 5.97 Å². The van der Waals surface area contributed by atoms with Crippen molar-refractivity contribution in [2.75, 3.05) is 0 Å². The number of fused-ring (bicyclic) bond motifs is 1. The molecule has 0 atom stereocenters. The maximum absolute atomic E-state index is 13.2. The van der Waals surface area contributed by atoms with E-state index in [1.54, 1.807) is 24.3 Å². The first kappa shape index (κ1) is 18.6. The average Bonchev–Trinajstić information content (AvgIpc) is 2.71. The number of aryl methyl sites for hydroxylation is 2. The SMILES string of the molecule is Cc1ccc(-c2oc3ccc(C)cc3c(=O)c2OC(=O)c2ccc(F)cc2)cc1. The van der Waals surface area contributed by atoms with Gasteiger partial charge in [0.25, 0.3) is 0 Å². The third-order valence-corrected chi connectivity index (χ3v) is 4.59. The maximum atomic E-state index is 13.2. The van der Waals surface area contributed by atoms with Crippen molar-refractivity contribution >= 4 is 16.9 Å². The second-order valence-electron chi connectivity index (χ2n) is 6.85. The number of ether oxygens (including phenoxy) is 1. The third-order valence-electron chi connectivity index (χ3n) is 4.59. The second kappa shape index (κ2) is 7.36. The van der Waals surface area contributed by atoms with Crippen LogP contribution in [0.15, 0.2) is 75.9 Å². The van der Waals surface area contributed by atoms with E-state index in [2.05, 4.69) is 0 Å². The highest BCUT2D eigenvalue weighted by molar-refractivity contribution is 5.93. The molecule has 1 aromatic heterocycles. The van der Waals surface area contributed by atoms with Crippen LogP contribution < -0.4 is 10.2 Å². The van der Waals surface area contributed by atoms with Crippen molar-refractivity contribution in [1.82, 2.24) is 0 Å². The van der Waals surface area contributed by atoms with Gasteiger partial charge in [0.15, 0.2) is 5.76 Å². The van der Waals surface area contributed by atoms with Crippen LogP contribution in [-0.2, 0) is 0 Å². The molecule has 1 heterocycles. The van der Waals surface area contributed by atoms with E-state index >= 15 is 0 Å². The Kier molecular flexibility index (Phi) is 4.72. The van der Waals surface area contributed by atoms with Crippen LogP contribution in [0.25, 0.3) is 22.3 Å². The third kappa shape index (κ3) is 3.67. The van der Waals surface area contributed by atoms with E-state index in [1.165, 1.54) is 12.1 Å². The molecule has 0 aliphatic rings. The molecule has 0 amide bonds. The van der Waals surface area contributed by atoms with Crippen LogP contribution in [0.4, 0.5) is 4.39 Å². The number of carbonyl (C=O) groups excluding carboxylic acids is 1. The summed E-state index contributed by atoms with van der Waals surface area (Å²) in [4.78, 5) is 25.8. The fourth-order valence-electron chi connectivity index (χ4n) is 3.02. The Hall–Kier alpha value is -3.73. The van der Waals surface area contributed by atoms with Gasteiger partial charge in [0.2, 0.25) is 11.2 Å². The normalized spacial score (nSPS) is 10.9. The average molecular weight is 388 g/mol. The van der Waals surface area contributed by atoms with Crippen LogP contribution in [0, 0.1) is 19.7 Å². The molecule has 0 radical (unpaired) electrons.